The van der Waals surface area contributed by atoms with Crippen molar-refractivity contribution in [3.05, 3.63) is 34.4 Å². The number of carbonyl (C=O) groups excluding carboxylic acids is 2. The Kier molecular flexibility index (Phi) is 2.54. The van der Waals surface area contributed by atoms with E-state index in [-0.39, 0.29) is 0 Å². The average Bonchev–Trinajstić information content (AvgIpc) is 2.73. The maximum absolute atomic E-state index is 11.4. The van der Waals surface area contributed by atoms with E-state index in [1.165, 1.54) is 18.2 Å². The Bertz CT molecular complexity index is 421. The van der Waals surface area contributed by atoms with Crippen LogP contribution in [0.25, 0.3) is 0 Å². The zero-order chi connectivity index (χ0) is 10.8. The molecule has 0 aliphatic heterocycles. The van der Waals surface area contributed by atoms with Crippen LogP contribution >= 0.6 is 0 Å². The molecule has 1 aliphatic carbocycles. The molecule has 1 aromatic rings. The number of hydrogen-bond donors (Lipinski definition) is 0. The van der Waals surface area contributed by atoms with Crippen molar-refractivity contribution in [1.29, 1.82) is 0 Å². The number of ether oxygens (including phenoxy) is 1. The van der Waals surface area contributed by atoms with Crippen LogP contribution in [0.3, 0.4) is 0 Å². The molecule has 0 amide bonds. The van der Waals surface area contributed by atoms with Crippen LogP contribution < -0.4 is 0 Å². The number of rotatable bonds is 2. The first-order chi connectivity index (χ1) is 7.26. The molecule has 0 radical (unpaired) electrons. The summed E-state index contributed by atoms with van der Waals surface area (Å²) in [4.78, 5) is 22.3. The smallest absolute Gasteiger partial charge is 0.338 e. The molecule has 78 valence electrons. The first-order valence-corrected chi connectivity index (χ1v) is 4.95. The van der Waals surface area contributed by atoms with Gasteiger partial charge in [0.05, 0.1) is 12.7 Å². The summed E-state index contributed by atoms with van der Waals surface area (Å²) in [7, 11) is 1.32. The van der Waals surface area contributed by atoms with Crippen molar-refractivity contribution in [2.45, 2.75) is 19.3 Å². The first-order valence-electron chi connectivity index (χ1n) is 4.95. The van der Waals surface area contributed by atoms with Gasteiger partial charge in [-0.25, -0.2) is 4.79 Å². The highest BCUT2D eigenvalue weighted by Crippen LogP contribution is 2.25. The number of fused-ring (bicyclic) bond motifs is 1. The number of aldehydes is 1. The highest BCUT2D eigenvalue weighted by atomic mass is 16.5. The Hall–Kier alpha value is -1.64. The maximum Gasteiger partial charge on any atom is 0.338 e. The van der Waals surface area contributed by atoms with Gasteiger partial charge in [0.2, 0.25) is 0 Å². The molecule has 0 saturated heterocycles. The number of hydrogen-bond acceptors (Lipinski definition) is 3. The van der Waals surface area contributed by atoms with Gasteiger partial charge in [0, 0.05) is 5.56 Å². The van der Waals surface area contributed by atoms with E-state index in [2.05, 4.69) is 4.74 Å². The van der Waals surface area contributed by atoms with Crippen LogP contribution in [0.15, 0.2) is 12.1 Å². The lowest BCUT2D eigenvalue weighted by Crippen LogP contribution is -2.06. The van der Waals surface area contributed by atoms with Crippen LogP contribution in [-0.4, -0.2) is 19.4 Å². The second kappa shape index (κ2) is 3.85. The highest BCUT2D eigenvalue weighted by molar-refractivity contribution is 5.98. The lowest BCUT2D eigenvalue weighted by atomic mass is 10.0. The second-order valence-corrected chi connectivity index (χ2v) is 3.67. The molecule has 3 nitrogen and oxygen atoms in total. The van der Waals surface area contributed by atoms with E-state index in [9.17, 15) is 9.59 Å². The Labute approximate surface area is 88.1 Å². The minimum Gasteiger partial charge on any atom is -0.465 e. The van der Waals surface area contributed by atoms with Crippen molar-refractivity contribution in [2.75, 3.05) is 7.11 Å². The minimum atomic E-state index is -0.438. The van der Waals surface area contributed by atoms with Crippen molar-refractivity contribution < 1.29 is 14.3 Å². The molecule has 1 aliphatic rings. The summed E-state index contributed by atoms with van der Waals surface area (Å²) < 4.78 is 4.64. The van der Waals surface area contributed by atoms with Gasteiger partial charge in [0.25, 0.3) is 0 Å². The van der Waals surface area contributed by atoms with Gasteiger partial charge in [0.1, 0.15) is 0 Å². The molecule has 0 heterocycles. The zero-order valence-electron chi connectivity index (χ0n) is 8.58. The Morgan fingerprint density at radius 2 is 2.00 bits per heavy atom. The quantitative estimate of drug-likeness (QED) is 0.544. The predicted molar refractivity (Wildman–Crippen MR) is 55.2 cm³/mol. The van der Waals surface area contributed by atoms with Gasteiger partial charge in [0.15, 0.2) is 6.29 Å². The molecule has 0 unspecified atom stereocenters. The van der Waals surface area contributed by atoms with E-state index in [4.69, 9.17) is 0 Å². The molecular formula is C12H12O3. The summed E-state index contributed by atoms with van der Waals surface area (Å²) in [6.07, 6.45) is 3.79. The van der Waals surface area contributed by atoms with Gasteiger partial charge < -0.3 is 4.74 Å². The fourth-order valence-electron chi connectivity index (χ4n) is 2.03. The second-order valence-electron chi connectivity index (χ2n) is 3.67. The third kappa shape index (κ3) is 1.65. The lowest BCUT2D eigenvalue weighted by molar-refractivity contribution is 0.0598. The fourth-order valence-corrected chi connectivity index (χ4v) is 2.03. The van der Waals surface area contributed by atoms with E-state index in [1.807, 2.05) is 6.07 Å². The van der Waals surface area contributed by atoms with Crippen molar-refractivity contribution in [2.24, 2.45) is 0 Å². The van der Waals surface area contributed by atoms with Gasteiger partial charge >= 0.3 is 5.97 Å². The minimum absolute atomic E-state index is 0.383. The molecule has 2 rings (SSSR count). The number of carbonyl (C=O) groups is 2. The molecule has 3 heteroatoms. The monoisotopic (exact) mass is 204 g/mol. The molecular weight excluding hydrogens is 192 g/mol. The van der Waals surface area contributed by atoms with Gasteiger partial charge in [-0.2, -0.15) is 0 Å². The standard InChI is InChI=1S/C12H12O3/c1-15-12(14)11-6-9-4-2-3-8(9)5-10(11)7-13/h5-7H,2-4H2,1H3. The Morgan fingerprint density at radius 1 is 1.33 bits per heavy atom. The normalized spacial score (nSPS) is 13.4. The largest absolute Gasteiger partial charge is 0.465 e. The average molecular weight is 204 g/mol. The van der Waals surface area contributed by atoms with E-state index in [0.717, 1.165) is 19.3 Å². The van der Waals surface area contributed by atoms with Crippen LogP contribution in [-0.2, 0) is 17.6 Å². The van der Waals surface area contributed by atoms with Crippen LogP contribution in [0, 0.1) is 0 Å². The van der Waals surface area contributed by atoms with Crippen molar-refractivity contribution in [3.8, 4) is 0 Å². The maximum atomic E-state index is 11.4. The van der Waals surface area contributed by atoms with Crippen molar-refractivity contribution in [3.63, 3.8) is 0 Å². The van der Waals surface area contributed by atoms with Crippen LogP contribution in [0.2, 0.25) is 0 Å². The summed E-state index contributed by atoms with van der Waals surface area (Å²) in [6, 6.07) is 3.60. The van der Waals surface area contributed by atoms with Crippen molar-refractivity contribution in [1.82, 2.24) is 0 Å². The summed E-state index contributed by atoms with van der Waals surface area (Å²) in [5.74, 6) is -0.438. The van der Waals surface area contributed by atoms with E-state index < -0.39 is 5.97 Å². The van der Waals surface area contributed by atoms with Crippen molar-refractivity contribution >= 4 is 12.3 Å². The topological polar surface area (TPSA) is 43.4 Å². The summed E-state index contributed by atoms with van der Waals surface area (Å²) in [6.45, 7) is 0. The van der Waals surface area contributed by atoms with Gasteiger partial charge in [-0.05, 0) is 42.5 Å². The SMILES string of the molecule is COC(=O)c1cc2c(cc1C=O)CCC2. The summed E-state index contributed by atoms with van der Waals surface area (Å²) in [5, 5.41) is 0. The van der Waals surface area contributed by atoms with E-state index in [1.54, 1.807) is 6.07 Å². The molecule has 0 N–H and O–H groups in total. The van der Waals surface area contributed by atoms with Crippen LogP contribution in [0.4, 0.5) is 0 Å². The molecule has 1 aromatic carbocycles. The summed E-state index contributed by atoms with van der Waals surface area (Å²) in [5.41, 5.74) is 3.17. The first kappa shape index (κ1) is 9.90. The molecule has 0 spiro atoms. The number of esters is 1. The van der Waals surface area contributed by atoms with Crippen LogP contribution in [0.1, 0.15) is 38.3 Å². The Morgan fingerprint density at radius 3 is 2.60 bits per heavy atom. The fraction of sp³-hybridized carbons (Fsp3) is 0.333. The Balaban J connectivity index is 2.53. The molecule has 15 heavy (non-hydrogen) atoms. The van der Waals surface area contributed by atoms with E-state index in [0.29, 0.717) is 17.4 Å². The zero-order valence-corrected chi connectivity index (χ0v) is 8.58. The number of aryl methyl sites for hydroxylation is 2. The molecule has 0 aromatic heterocycles. The third-order valence-electron chi connectivity index (χ3n) is 2.80. The van der Waals surface area contributed by atoms with E-state index >= 15 is 0 Å². The molecule has 0 saturated carbocycles. The molecule has 0 bridgehead atoms. The molecule has 0 fully saturated rings. The highest BCUT2D eigenvalue weighted by Gasteiger charge is 2.18. The number of benzene rings is 1. The lowest BCUT2D eigenvalue weighted by Gasteiger charge is -2.06. The predicted octanol–water partition coefficient (Wildman–Crippen LogP) is 1.77. The van der Waals surface area contributed by atoms with Gasteiger partial charge in [-0.3, -0.25) is 4.79 Å². The molecule has 0 atom stereocenters. The number of methoxy groups -OCH3 is 1. The summed E-state index contributed by atoms with van der Waals surface area (Å²) >= 11 is 0. The van der Waals surface area contributed by atoms with Gasteiger partial charge in [-0.1, -0.05) is 0 Å². The van der Waals surface area contributed by atoms with Crippen LogP contribution in [0.5, 0.6) is 0 Å². The third-order valence-corrected chi connectivity index (χ3v) is 2.80. The van der Waals surface area contributed by atoms with Gasteiger partial charge in [-0.15, -0.1) is 0 Å².